The molecule has 3 rings (SSSR count). The van der Waals surface area contributed by atoms with E-state index < -0.39 is 10.0 Å². The molecule has 10 heteroatoms. The van der Waals surface area contributed by atoms with Crippen molar-refractivity contribution in [1.29, 1.82) is 0 Å². The quantitative estimate of drug-likeness (QED) is 0.714. The molecule has 1 heterocycles. The third kappa shape index (κ3) is 4.65. The van der Waals surface area contributed by atoms with Crippen molar-refractivity contribution in [2.24, 2.45) is 0 Å². The lowest BCUT2D eigenvalue weighted by Crippen LogP contribution is -2.53. The first-order chi connectivity index (χ1) is 13.3. The number of nitrogens with one attached hydrogen (secondary N) is 1. The molecule has 0 bridgehead atoms. The minimum absolute atomic E-state index is 0.0369. The fourth-order valence-corrected chi connectivity index (χ4v) is 5.31. The summed E-state index contributed by atoms with van der Waals surface area (Å²) >= 11 is 9.33. The number of urea groups is 1. The lowest BCUT2D eigenvalue weighted by molar-refractivity contribution is 0.172. The fraction of sp³-hybridized carbons (Fsp3) is 0.278. The summed E-state index contributed by atoms with van der Waals surface area (Å²) in [4.78, 5) is 13.8. The molecule has 0 spiro atoms. The summed E-state index contributed by atoms with van der Waals surface area (Å²) in [5.74, 6) is -0.384. The van der Waals surface area contributed by atoms with Crippen LogP contribution in [0.1, 0.15) is 5.56 Å². The second-order valence-corrected chi connectivity index (χ2v) is 9.45. The highest BCUT2D eigenvalue weighted by atomic mass is 79.9. The minimum Gasteiger partial charge on any atom is -0.334 e. The van der Waals surface area contributed by atoms with E-state index >= 15 is 0 Å². The fourth-order valence-electron chi connectivity index (χ4n) is 2.88. The zero-order valence-corrected chi connectivity index (χ0v) is 17.9. The first-order valence-electron chi connectivity index (χ1n) is 8.50. The zero-order valence-electron chi connectivity index (χ0n) is 14.7. The Balaban J connectivity index is 1.59. The van der Waals surface area contributed by atoms with Crippen LogP contribution in [0.4, 0.5) is 9.18 Å². The van der Waals surface area contributed by atoms with Crippen LogP contribution in [-0.2, 0) is 16.6 Å². The number of halogens is 3. The summed E-state index contributed by atoms with van der Waals surface area (Å²) in [5, 5.41) is 2.80. The van der Waals surface area contributed by atoms with Crippen LogP contribution in [0.3, 0.4) is 0 Å². The van der Waals surface area contributed by atoms with Gasteiger partial charge in [0, 0.05) is 42.8 Å². The van der Waals surface area contributed by atoms with Gasteiger partial charge in [-0.25, -0.2) is 17.6 Å². The van der Waals surface area contributed by atoms with Gasteiger partial charge in [-0.15, -0.1) is 0 Å². The minimum atomic E-state index is -3.75. The predicted molar refractivity (Wildman–Crippen MR) is 108 cm³/mol. The predicted octanol–water partition coefficient (Wildman–Crippen LogP) is 3.46. The van der Waals surface area contributed by atoms with Gasteiger partial charge in [0.25, 0.3) is 0 Å². The van der Waals surface area contributed by atoms with Gasteiger partial charge in [-0.3, -0.25) is 0 Å². The Morgan fingerprint density at radius 3 is 2.46 bits per heavy atom. The van der Waals surface area contributed by atoms with Crippen LogP contribution >= 0.6 is 27.5 Å². The number of rotatable bonds is 4. The van der Waals surface area contributed by atoms with Crippen LogP contribution in [0, 0.1) is 5.82 Å². The molecule has 2 aromatic rings. The van der Waals surface area contributed by atoms with E-state index in [-0.39, 0.29) is 54.5 Å². The number of carbonyl (C=O) groups is 1. The highest BCUT2D eigenvalue weighted by Gasteiger charge is 2.31. The molecule has 2 aromatic carbocycles. The highest BCUT2D eigenvalue weighted by molar-refractivity contribution is 9.10. The summed E-state index contributed by atoms with van der Waals surface area (Å²) in [5.41, 5.74) is 0.391. The van der Waals surface area contributed by atoms with E-state index in [0.29, 0.717) is 10.0 Å². The maximum absolute atomic E-state index is 13.6. The van der Waals surface area contributed by atoms with Crippen molar-refractivity contribution in [3.8, 4) is 0 Å². The van der Waals surface area contributed by atoms with Crippen molar-refractivity contribution in [2.45, 2.75) is 11.4 Å². The van der Waals surface area contributed by atoms with Crippen LogP contribution in [-0.4, -0.2) is 49.8 Å². The van der Waals surface area contributed by atoms with Crippen molar-refractivity contribution in [3.05, 3.63) is 63.3 Å². The molecule has 0 unspecified atom stereocenters. The second-order valence-electron chi connectivity index (χ2n) is 6.22. The molecule has 1 saturated heterocycles. The third-order valence-electron chi connectivity index (χ3n) is 4.43. The molecule has 0 aliphatic carbocycles. The number of benzene rings is 2. The van der Waals surface area contributed by atoms with Crippen molar-refractivity contribution in [3.63, 3.8) is 0 Å². The molecule has 0 radical (unpaired) electrons. The largest absolute Gasteiger partial charge is 0.334 e. The summed E-state index contributed by atoms with van der Waals surface area (Å²) in [6, 6.07) is 10.4. The Bertz CT molecular complexity index is 982. The monoisotopic (exact) mass is 489 g/mol. The van der Waals surface area contributed by atoms with Gasteiger partial charge in [-0.1, -0.05) is 45.7 Å². The van der Waals surface area contributed by atoms with Gasteiger partial charge in [0.05, 0.1) is 5.02 Å². The number of nitrogens with zero attached hydrogens (tertiary/aromatic N) is 2. The summed E-state index contributed by atoms with van der Waals surface area (Å²) in [6.45, 7) is 0.842. The van der Waals surface area contributed by atoms with Crippen LogP contribution in [0.25, 0.3) is 0 Å². The number of sulfonamides is 1. The Morgan fingerprint density at radius 2 is 1.82 bits per heavy atom. The lowest BCUT2D eigenvalue weighted by Gasteiger charge is -2.34. The molecule has 1 fully saturated rings. The highest BCUT2D eigenvalue weighted by Crippen LogP contribution is 2.28. The third-order valence-corrected chi connectivity index (χ3v) is 7.30. The molecule has 0 atom stereocenters. The summed E-state index contributed by atoms with van der Waals surface area (Å²) in [7, 11) is -3.75. The second kappa shape index (κ2) is 8.77. The molecule has 150 valence electrons. The van der Waals surface area contributed by atoms with Crippen molar-refractivity contribution in [2.75, 3.05) is 26.2 Å². The van der Waals surface area contributed by atoms with Gasteiger partial charge >= 0.3 is 6.03 Å². The maximum atomic E-state index is 13.6. The molecule has 1 N–H and O–H groups in total. The lowest BCUT2D eigenvalue weighted by atomic mass is 10.2. The van der Waals surface area contributed by atoms with E-state index in [1.54, 1.807) is 24.3 Å². The van der Waals surface area contributed by atoms with E-state index in [9.17, 15) is 17.6 Å². The normalized spacial score (nSPS) is 15.5. The van der Waals surface area contributed by atoms with E-state index in [1.807, 2.05) is 0 Å². The van der Waals surface area contributed by atoms with Crippen LogP contribution in [0.15, 0.2) is 51.8 Å². The topological polar surface area (TPSA) is 69.7 Å². The number of piperazine rings is 1. The Kier molecular flexibility index (Phi) is 6.59. The van der Waals surface area contributed by atoms with E-state index in [1.165, 1.54) is 27.4 Å². The van der Waals surface area contributed by atoms with Crippen molar-refractivity contribution < 1.29 is 17.6 Å². The van der Waals surface area contributed by atoms with Gasteiger partial charge in [0.1, 0.15) is 10.7 Å². The van der Waals surface area contributed by atoms with Crippen molar-refractivity contribution in [1.82, 2.24) is 14.5 Å². The first-order valence-corrected chi connectivity index (χ1v) is 11.1. The van der Waals surface area contributed by atoms with E-state index in [4.69, 9.17) is 11.6 Å². The van der Waals surface area contributed by atoms with Gasteiger partial charge in [-0.05, 0) is 24.3 Å². The summed E-state index contributed by atoms with van der Waals surface area (Å²) in [6.07, 6.45) is 0. The van der Waals surface area contributed by atoms with Gasteiger partial charge in [0.15, 0.2) is 0 Å². The standard InChI is InChI=1S/C18H18BrClFN3O3S/c19-14-5-6-17(15(20)11-14)28(26,27)24-9-7-23(8-10-24)18(25)22-12-13-3-1-2-4-16(13)21/h1-6,11H,7-10,12H2,(H,22,25). The molecule has 2 amide bonds. The van der Waals surface area contributed by atoms with E-state index in [2.05, 4.69) is 21.2 Å². The Labute approximate surface area is 176 Å². The molecule has 1 aliphatic rings. The molecular formula is C18H18BrClFN3O3S. The SMILES string of the molecule is O=C(NCc1ccccc1F)N1CCN(S(=O)(=O)c2ccc(Br)cc2Cl)CC1. The number of amides is 2. The van der Waals surface area contributed by atoms with E-state index in [0.717, 1.165) is 0 Å². The average molecular weight is 491 g/mol. The number of hydrogen-bond donors (Lipinski definition) is 1. The summed E-state index contributed by atoms with van der Waals surface area (Å²) < 4.78 is 41.2. The van der Waals surface area contributed by atoms with Crippen LogP contribution in [0.5, 0.6) is 0 Å². The average Bonchev–Trinajstić information content (AvgIpc) is 2.67. The number of hydrogen-bond acceptors (Lipinski definition) is 3. The van der Waals surface area contributed by atoms with Gasteiger partial charge in [0.2, 0.25) is 10.0 Å². The van der Waals surface area contributed by atoms with Crippen LogP contribution in [0.2, 0.25) is 5.02 Å². The van der Waals surface area contributed by atoms with Crippen LogP contribution < -0.4 is 5.32 Å². The number of carbonyl (C=O) groups excluding carboxylic acids is 1. The maximum Gasteiger partial charge on any atom is 0.317 e. The molecule has 28 heavy (non-hydrogen) atoms. The zero-order chi connectivity index (χ0) is 20.3. The first kappa shape index (κ1) is 21.0. The molecular weight excluding hydrogens is 473 g/mol. The Hall–Kier alpha value is -1.68. The smallest absolute Gasteiger partial charge is 0.317 e. The Morgan fingerprint density at radius 1 is 1.14 bits per heavy atom. The van der Waals surface area contributed by atoms with Crippen molar-refractivity contribution >= 4 is 43.6 Å². The molecule has 0 saturated carbocycles. The molecule has 6 nitrogen and oxygen atoms in total. The van der Waals surface area contributed by atoms with Gasteiger partial charge < -0.3 is 10.2 Å². The molecule has 1 aliphatic heterocycles. The molecule has 0 aromatic heterocycles. The van der Waals surface area contributed by atoms with Gasteiger partial charge in [-0.2, -0.15) is 4.31 Å².